The summed E-state index contributed by atoms with van der Waals surface area (Å²) < 4.78 is 12.9. The smallest absolute Gasteiger partial charge is 0.321 e. The molecule has 1 N–H and O–H groups in total. The highest BCUT2D eigenvalue weighted by Gasteiger charge is 2.24. The van der Waals surface area contributed by atoms with Gasteiger partial charge in [-0.25, -0.2) is 9.18 Å². The van der Waals surface area contributed by atoms with E-state index in [0.717, 1.165) is 11.1 Å². The van der Waals surface area contributed by atoms with Gasteiger partial charge in [-0.2, -0.15) is 0 Å². The van der Waals surface area contributed by atoms with Gasteiger partial charge in [-0.3, -0.25) is 4.79 Å². The Hall–Kier alpha value is -2.89. The maximum absolute atomic E-state index is 12.9. The Morgan fingerprint density at radius 1 is 1.00 bits per heavy atom. The van der Waals surface area contributed by atoms with Crippen molar-refractivity contribution in [3.63, 3.8) is 0 Å². The van der Waals surface area contributed by atoms with Crippen molar-refractivity contribution >= 4 is 17.6 Å². The highest BCUT2D eigenvalue weighted by atomic mass is 19.1. The highest BCUT2D eigenvalue weighted by molar-refractivity contribution is 5.89. The average Bonchev–Trinajstić information content (AvgIpc) is 2.64. The first-order valence-corrected chi connectivity index (χ1v) is 8.66. The third-order valence-electron chi connectivity index (χ3n) is 4.45. The predicted octanol–water partition coefficient (Wildman–Crippen LogP) is 3.05. The third-order valence-corrected chi connectivity index (χ3v) is 4.45. The molecule has 3 amide bonds. The first kappa shape index (κ1) is 17.9. The van der Waals surface area contributed by atoms with Crippen LogP contribution in [0.25, 0.3) is 0 Å². The molecule has 6 heteroatoms. The molecule has 0 spiro atoms. The molecule has 0 saturated carbocycles. The number of halogens is 1. The molecule has 0 radical (unpaired) electrons. The summed E-state index contributed by atoms with van der Waals surface area (Å²) in [4.78, 5) is 28.2. The molecule has 1 heterocycles. The van der Waals surface area contributed by atoms with Crippen LogP contribution < -0.4 is 5.32 Å². The molecule has 0 aliphatic carbocycles. The summed E-state index contributed by atoms with van der Waals surface area (Å²) in [7, 11) is 0. The van der Waals surface area contributed by atoms with E-state index in [0.29, 0.717) is 38.3 Å². The van der Waals surface area contributed by atoms with Crippen LogP contribution in [-0.2, 0) is 11.2 Å². The minimum atomic E-state index is -0.344. The zero-order valence-corrected chi connectivity index (χ0v) is 14.7. The van der Waals surface area contributed by atoms with Crippen molar-refractivity contribution in [2.45, 2.75) is 13.3 Å². The highest BCUT2D eigenvalue weighted by Crippen LogP contribution is 2.12. The summed E-state index contributed by atoms with van der Waals surface area (Å²) in [6.45, 7) is 3.99. The number of carbonyl (C=O) groups excluding carboxylic acids is 2. The fraction of sp³-hybridized carbons (Fsp3) is 0.300. The fourth-order valence-electron chi connectivity index (χ4n) is 3.00. The molecule has 1 aliphatic heterocycles. The van der Waals surface area contributed by atoms with Crippen LogP contribution in [0.4, 0.5) is 14.9 Å². The van der Waals surface area contributed by atoms with Crippen LogP contribution in [-0.4, -0.2) is 47.9 Å². The van der Waals surface area contributed by atoms with Gasteiger partial charge in [0.2, 0.25) is 5.91 Å². The Labute approximate surface area is 152 Å². The number of nitrogens with one attached hydrogen (secondary N) is 1. The van der Waals surface area contributed by atoms with Crippen molar-refractivity contribution in [3.8, 4) is 0 Å². The van der Waals surface area contributed by atoms with E-state index < -0.39 is 0 Å². The third kappa shape index (κ3) is 4.59. The maximum atomic E-state index is 12.9. The molecule has 1 fully saturated rings. The van der Waals surface area contributed by atoms with Gasteiger partial charge < -0.3 is 15.1 Å². The molecule has 136 valence electrons. The van der Waals surface area contributed by atoms with Crippen molar-refractivity contribution < 1.29 is 14.0 Å². The summed E-state index contributed by atoms with van der Waals surface area (Å²) >= 11 is 0. The monoisotopic (exact) mass is 355 g/mol. The molecule has 26 heavy (non-hydrogen) atoms. The van der Waals surface area contributed by atoms with E-state index in [1.54, 1.807) is 9.80 Å². The van der Waals surface area contributed by atoms with E-state index in [4.69, 9.17) is 0 Å². The molecule has 0 aromatic heterocycles. The number of rotatable bonds is 3. The van der Waals surface area contributed by atoms with Crippen molar-refractivity contribution in [2.24, 2.45) is 0 Å². The van der Waals surface area contributed by atoms with E-state index in [1.165, 1.54) is 24.3 Å². The van der Waals surface area contributed by atoms with Crippen molar-refractivity contribution in [2.75, 3.05) is 31.5 Å². The van der Waals surface area contributed by atoms with Gasteiger partial charge in [0.25, 0.3) is 0 Å². The zero-order chi connectivity index (χ0) is 18.5. The average molecular weight is 355 g/mol. The lowest BCUT2D eigenvalue weighted by Gasteiger charge is -2.34. The number of hydrogen-bond donors (Lipinski definition) is 1. The molecule has 0 bridgehead atoms. The SMILES string of the molecule is Cc1cccc(CC(=O)N2CCN(C(=O)Nc3ccc(F)cc3)CC2)c1. The number of benzene rings is 2. The van der Waals surface area contributed by atoms with Gasteiger partial charge in [-0.15, -0.1) is 0 Å². The topological polar surface area (TPSA) is 52.7 Å². The summed E-state index contributed by atoms with van der Waals surface area (Å²) in [6, 6.07) is 13.4. The zero-order valence-electron chi connectivity index (χ0n) is 14.7. The van der Waals surface area contributed by atoms with Crippen LogP contribution in [0.3, 0.4) is 0 Å². The lowest BCUT2D eigenvalue weighted by Crippen LogP contribution is -2.52. The molecule has 2 aromatic rings. The van der Waals surface area contributed by atoms with Gasteiger partial charge in [0, 0.05) is 31.9 Å². The molecule has 1 saturated heterocycles. The second-order valence-electron chi connectivity index (χ2n) is 6.47. The van der Waals surface area contributed by atoms with Gasteiger partial charge in [-0.05, 0) is 36.8 Å². The number of anilines is 1. The predicted molar refractivity (Wildman–Crippen MR) is 98.5 cm³/mol. The molecular weight excluding hydrogens is 333 g/mol. The maximum Gasteiger partial charge on any atom is 0.321 e. The number of aryl methyl sites for hydroxylation is 1. The molecule has 2 aromatic carbocycles. The number of piperazine rings is 1. The first-order valence-electron chi connectivity index (χ1n) is 8.66. The van der Waals surface area contributed by atoms with Gasteiger partial charge >= 0.3 is 6.03 Å². The van der Waals surface area contributed by atoms with Crippen LogP contribution in [0.2, 0.25) is 0 Å². The summed E-state index contributed by atoms with van der Waals surface area (Å²) in [5.74, 6) is -0.266. The Kier molecular flexibility index (Phi) is 5.51. The number of amides is 3. The van der Waals surface area contributed by atoms with Gasteiger partial charge in [0.05, 0.1) is 6.42 Å². The summed E-state index contributed by atoms with van der Waals surface area (Å²) in [5, 5.41) is 2.75. The minimum absolute atomic E-state index is 0.0780. The minimum Gasteiger partial charge on any atom is -0.339 e. The standard InChI is InChI=1S/C20H22FN3O2/c1-15-3-2-4-16(13-15)14-19(25)23-9-11-24(12-10-23)20(26)22-18-7-5-17(21)6-8-18/h2-8,13H,9-12,14H2,1H3,(H,22,26). The lowest BCUT2D eigenvalue weighted by atomic mass is 10.1. The Morgan fingerprint density at radius 3 is 2.31 bits per heavy atom. The van der Waals surface area contributed by atoms with E-state index in [9.17, 15) is 14.0 Å². The van der Waals surface area contributed by atoms with E-state index >= 15 is 0 Å². The van der Waals surface area contributed by atoms with Gasteiger partial charge in [-0.1, -0.05) is 29.8 Å². The molecule has 0 atom stereocenters. The first-order chi connectivity index (χ1) is 12.5. The summed E-state index contributed by atoms with van der Waals surface area (Å²) in [6.07, 6.45) is 0.378. The van der Waals surface area contributed by atoms with Crippen LogP contribution in [0, 0.1) is 12.7 Å². The van der Waals surface area contributed by atoms with Crippen LogP contribution >= 0.6 is 0 Å². The normalized spacial score (nSPS) is 14.2. The second kappa shape index (κ2) is 7.99. The largest absolute Gasteiger partial charge is 0.339 e. The van der Waals surface area contributed by atoms with E-state index in [-0.39, 0.29) is 17.8 Å². The van der Waals surface area contributed by atoms with Crippen molar-refractivity contribution in [1.82, 2.24) is 9.80 Å². The number of carbonyl (C=O) groups is 2. The lowest BCUT2D eigenvalue weighted by molar-refractivity contribution is -0.131. The van der Waals surface area contributed by atoms with Crippen molar-refractivity contribution in [1.29, 1.82) is 0 Å². The van der Waals surface area contributed by atoms with E-state index in [2.05, 4.69) is 5.32 Å². The van der Waals surface area contributed by atoms with Crippen LogP contribution in [0.5, 0.6) is 0 Å². The number of urea groups is 1. The Balaban J connectivity index is 1.49. The van der Waals surface area contributed by atoms with Crippen molar-refractivity contribution in [3.05, 3.63) is 65.5 Å². The van der Waals surface area contributed by atoms with E-state index in [1.807, 2.05) is 31.2 Å². The summed E-state index contributed by atoms with van der Waals surface area (Å²) in [5.41, 5.74) is 2.69. The van der Waals surface area contributed by atoms with Gasteiger partial charge in [0.1, 0.15) is 5.82 Å². The second-order valence-corrected chi connectivity index (χ2v) is 6.47. The van der Waals surface area contributed by atoms with Crippen LogP contribution in [0.15, 0.2) is 48.5 Å². The molecule has 3 rings (SSSR count). The fourth-order valence-corrected chi connectivity index (χ4v) is 3.00. The number of nitrogens with zero attached hydrogens (tertiary/aromatic N) is 2. The van der Waals surface area contributed by atoms with Gasteiger partial charge in [0.15, 0.2) is 0 Å². The Bertz CT molecular complexity index is 784. The number of hydrogen-bond acceptors (Lipinski definition) is 2. The molecule has 0 unspecified atom stereocenters. The van der Waals surface area contributed by atoms with Crippen LogP contribution in [0.1, 0.15) is 11.1 Å². The molecular formula is C20H22FN3O2. The molecule has 1 aliphatic rings. The molecule has 5 nitrogen and oxygen atoms in total. The quantitative estimate of drug-likeness (QED) is 0.920. The Morgan fingerprint density at radius 2 is 1.65 bits per heavy atom.